The van der Waals surface area contributed by atoms with Gasteiger partial charge < -0.3 is 5.73 Å². The summed E-state index contributed by atoms with van der Waals surface area (Å²) in [6.45, 7) is 0.307. The van der Waals surface area contributed by atoms with Crippen LogP contribution in [0.2, 0.25) is 0 Å². The highest BCUT2D eigenvalue weighted by Crippen LogP contribution is 2.09. The molecule has 0 aliphatic rings. The molecule has 0 aliphatic carbocycles. The lowest BCUT2D eigenvalue weighted by molar-refractivity contribution is 0.506. The van der Waals surface area contributed by atoms with Gasteiger partial charge in [-0.25, -0.2) is 18.4 Å². The molecular formula is C9H8F2N4. The van der Waals surface area contributed by atoms with Gasteiger partial charge in [0.25, 0.3) is 0 Å². The lowest BCUT2D eigenvalue weighted by Crippen LogP contribution is -2.02. The predicted molar refractivity (Wildman–Crippen MR) is 49.9 cm³/mol. The van der Waals surface area contributed by atoms with Gasteiger partial charge in [-0.3, -0.25) is 0 Å². The van der Waals surface area contributed by atoms with Crippen molar-refractivity contribution in [3.8, 4) is 0 Å². The first-order valence-corrected chi connectivity index (χ1v) is 4.24. The van der Waals surface area contributed by atoms with E-state index in [2.05, 4.69) is 10.1 Å². The summed E-state index contributed by atoms with van der Waals surface area (Å²) in [5, 5.41) is 3.83. The molecule has 0 saturated heterocycles. The van der Waals surface area contributed by atoms with Crippen molar-refractivity contribution in [2.24, 2.45) is 0 Å². The van der Waals surface area contributed by atoms with Crippen LogP contribution in [-0.4, -0.2) is 14.8 Å². The van der Waals surface area contributed by atoms with Crippen molar-refractivity contribution in [2.45, 2.75) is 6.54 Å². The Morgan fingerprint density at radius 1 is 1.27 bits per heavy atom. The van der Waals surface area contributed by atoms with Crippen molar-refractivity contribution in [2.75, 3.05) is 5.73 Å². The van der Waals surface area contributed by atoms with Crippen LogP contribution in [-0.2, 0) is 6.54 Å². The molecule has 78 valence electrons. The molecule has 15 heavy (non-hydrogen) atoms. The van der Waals surface area contributed by atoms with Gasteiger partial charge in [-0.05, 0) is 17.7 Å². The van der Waals surface area contributed by atoms with Gasteiger partial charge in [0.15, 0.2) is 11.6 Å². The number of benzene rings is 1. The van der Waals surface area contributed by atoms with Crippen LogP contribution < -0.4 is 5.73 Å². The van der Waals surface area contributed by atoms with Crippen molar-refractivity contribution in [1.29, 1.82) is 0 Å². The quantitative estimate of drug-likeness (QED) is 0.809. The highest BCUT2D eigenvalue weighted by atomic mass is 19.2. The molecule has 1 heterocycles. The van der Waals surface area contributed by atoms with E-state index in [0.717, 1.165) is 12.1 Å². The van der Waals surface area contributed by atoms with E-state index < -0.39 is 11.6 Å². The zero-order valence-electron chi connectivity index (χ0n) is 7.69. The maximum absolute atomic E-state index is 12.8. The Morgan fingerprint density at radius 3 is 2.67 bits per heavy atom. The van der Waals surface area contributed by atoms with Gasteiger partial charge in [-0.1, -0.05) is 6.07 Å². The van der Waals surface area contributed by atoms with Gasteiger partial charge in [-0.15, -0.1) is 5.10 Å². The first kappa shape index (κ1) is 9.57. The largest absolute Gasteiger partial charge is 0.367 e. The topological polar surface area (TPSA) is 56.7 Å². The second-order valence-electron chi connectivity index (χ2n) is 3.05. The molecule has 1 aromatic heterocycles. The second kappa shape index (κ2) is 3.64. The number of hydrogen-bond donors (Lipinski definition) is 1. The molecule has 0 aliphatic heterocycles. The SMILES string of the molecule is Nc1ncn(Cc2ccc(F)c(F)c2)n1. The first-order valence-electron chi connectivity index (χ1n) is 4.24. The lowest BCUT2D eigenvalue weighted by Gasteiger charge is -2.01. The molecule has 4 nitrogen and oxygen atoms in total. The van der Waals surface area contributed by atoms with Crippen LogP contribution in [0.15, 0.2) is 24.5 Å². The smallest absolute Gasteiger partial charge is 0.239 e. The highest BCUT2D eigenvalue weighted by Gasteiger charge is 2.03. The van der Waals surface area contributed by atoms with Crippen LogP contribution in [0, 0.1) is 11.6 Å². The van der Waals surface area contributed by atoms with Gasteiger partial charge in [0.1, 0.15) is 6.33 Å². The fourth-order valence-corrected chi connectivity index (χ4v) is 1.21. The number of hydrogen-bond acceptors (Lipinski definition) is 3. The number of anilines is 1. The number of nitrogens with zero attached hydrogens (tertiary/aromatic N) is 3. The molecule has 0 unspecified atom stereocenters. The van der Waals surface area contributed by atoms with Crippen LogP contribution in [0.3, 0.4) is 0 Å². The fourth-order valence-electron chi connectivity index (χ4n) is 1.21. The van der Waals surface area contributed by atoms with E-state index in [-0.39, 0.29) is 5.95 Å². The number of aromatic nitrogens is 3. The van der Waals surface area contributed by atoms with Crippen molar-refractivity contribution in [3.05, 3.63) is 41.7 Å². The molecule has 1 aromatic carbocycles. The second-order valence-corrected chi connectivity index (χ2v) is 3.05. The molecule has 0 spiro atoms. The molecule has 0 saturated carbocycles. The Bertz CT molecular complexity index is 481. The Hall–Kier alpha value is -1.98. The third kappa shape index (κ3) is 2.09. The fraction of sp³-hybridized carbons (Fsp3) is 0.111. The summed E-state index contributed by atoms with van der Waals surface area (Å²) < 4.78 is 26.9. The summed E-state index contributed by atoms with van der Waals surface area (Å²) in [6.07, 6.45) is 1.43. The molecule has 2 rings (SSSR count). The van der Waals surface area contributed by atoms with Gasteiger partial charge in [-0.2, -0.15) is 0 Å². The summed E-state index contributed by atoms with van der Waals surface area (Å²) in [6, 6.07) is 3.68. The number of halogens is 2. The average molecular weight is 210 g/mol. The molecule has 0 atom stereocenters. The minimum atomic E-state index is -0.874. The monoisotopic (exact) mass is 210 g/mol. The third-order valence-electron chi connectivity index (χ3n) is 1.88. The molecule has 0 amide bonds. The predicted octanol–water partition coefficient (Wildman–Crippen LogP) is 1.19. The first-order chi connectivity index (χ1) is 7.15. The number of nitrogens with two attached hydrogens (primary N) is 1. The number of nitrogen functional groups attached to an aromatic ring is 1. The standard InChI is InChI=1S/C9H8F2N4/c10-7-2-1-6(3-8(7)11)4-15-5-13-9(12)14-15/h1-3,5H,4H2,(H2,12,14). The maximum Gasteiger partial charge on any atom is 0.239 e. The minimum absolute atomic E-state index is 0.151. The number of rotatable bonds is 2. The minimum Gasteiger partial charge on any atom is -0.367 e. The normalized spacial score (nSPS) is 10.5. The third-order valence-corrected chi connectivity index (χ3v) is 1.88. The van der Waals surface area contributed by atoms with Gasteiger partial charge in [0.05, 0.1) is 6.54 Å². The van der Waals surface area contributed by atoms with Crippen molar-refractivity contribution < 1.29 is 8.78 Å². The Balaban J connectivity index is 2.21. The summed E-state index contributed by atoms with van der Waals surface area (Å²) in [7, 11) is 0. The van der Waals surface area contributed by atoms with Crippen LogP contribution in [0.25, 0.3) is 0 Å². The lowest BCUT2D eigenvalue weighted by atomic mass is 10.2. The van der Waals surface area contributed by atoms with Crippen LogP contribution in [0.5, 0.6) is 0 Å². The molecule has 0 bridgehead atoms. The molecule has 0 fully saturated rings. The molecule has 2 N–H and O–H groups in total. The van der Waals surface area contributed by atoms with Crippen LogP contribution in [0.1, 0.15) is 5.56 Å². The van der Waals surface area contributed by atoms with Gasteiger partial charge in [0, 0.05) is 0 Å². The Labute approximate surface area is 84.4 Å². The van der Waals surface area contributed by atoms with E-state index in [1.807, 2.05) is 0 Å². The van der Waals surface area contributed by atoms with E-state index in [4.69, 9.17) is 5.73 Å². The summed E-state index contributed by atoms with van der Waals surface area (Å²) in [5.41, 5.74) is 5.91. The molecule has 6 heteroatoms. The maximum atomic E-state index is 12.8. The van der Waals surface area contributed by atoms with Crippen molar-refractivity contribution >= 4 is 5.95 Å². The Kier molecular flexibility index (Phi) is 2.32. The summed E-state index contributed by atoms with van der Waals surface area (Å²) >= 11 is 0. The van der Waals surface area contributed by atoms with E-state index in [1.54, 1.807) is 0 Å². The van der Waals surface area contributed by atoms with E-state index in [0.29, 0.717) is 12.1 Å². The molecule has 2 aromatic rings. The van der Waals surface area contributed by atoms with Crippen molar-refractivity contribution in [1.82, 2.24) is 14.8 Å². The molecular weight excluding hydrogens is 202 g/mol. The van der Waals surface area contributed by atoms with E-state index in [1.165, 1.54) is 17.1 Å². The van der Waals surface area contributed by atoms with Crippen LogP contribution >= 0.6 is 0 Å². The highest BCUT2D eigenvalue weighted by molar-refractivity contribution is 5.18. The zero-order valence-corrected chi connectivity index (χ0v) is 7.69. The van der Waals surface area contributed by atoms with Crippen LogP contribution in [0.4, 0.5) is 14.7 Å². The summed E-state index contributed by atoms with van der Waals surface area (Å²) in [4.78, 5) is 3.71. The van der Waals surface area contributed by atoms with Crippen molar-refractivity contribution in [3.63, 3.8) is 0 Å². The summed E-state index contributed by atoms with van der Waals surface area (Å²) in [5.74, 6) is -1.59. The van der Waals surface area contributed by atoms with Gasteiger partial charge >= 0.3 is 0 Å². The zero-order chi connectivity index (χ0) is 10.8. The average Bonchev–Trinajstić information content (AvgIpc) is 2.58. The Morgan fingerprint density at radius 2 is 2.07 bits per heavy atom. The van der Waals surface area contributed by atoms with E-state index in [9.17, 15) is 8.78 Å². The molecule has 0 radical (unpaired) electrons. The van der Waals surface area contributed by atoms with E-state index >= 15 is 0 Å². The van der Waals surface area contributed by atoms with Gasteiger partial charge in [0.2, 0.25) is 5.95 Å².